The Morgan fingerprint density at radius 3 is 2.61 bits per heavy atom. The van der Waals surface area contributed by atoms with Crippen LogP contribution < -0.4 is 5.32 Å². The summed E-state index contributed by atoms with van der Waals surface area (Å²) < 4.78 is 2.03. The zero-order chi connectivity index (χ0) is 13.8. The molecule has 0 aliphatic heterocycles. The molecule has 100 valence electrons. The molecule has 0 aromatic carbocycles. The molecular weight excluding hydrogens is 224 g/mol. The summed E-state index contributed by atoms with van der Waals surface area (Å²) in [7, 11) is 0. The van der Waals surface area contributed by atoms with Gasteiger partial charge < -0.3 is 5.32 Å². The number of hydrogen-bond acceptors (Lipinski definition) is 3. The van der Waals surface area contributed by atoms with Crippen molar-refractivity contribution in [3.63, 3.8) is 0 Å². The van der Waals surface area contributed by atoms with Gasteiger partial charge in [-0.3, -0.25) is 4.68 Å². The monoisotopic (exact) mass is 248 g/mol. The highest BCUT2D eigenvalue weighted by molar-refractivity contribution is 5.24. The predicted molar refractivity (Wildman–Crippen MR) is 73.1 cm³/mol. The van der Waals surface area contributed by atoms with E-state index in [0.717, 1.165) is 31.7 Å². The number of nitrogens with zero attached hydrogens (tertiary/aromatic N) is 3. The molecule has 1 aromatic rings. The lowest BCUT2D eigenvalue weighted by atomic mass is 9.91. The Morgan fingerprint density at radius 2 is 2.06 bits per heavy atom. The minimum absolute atomic E-state index is 0.284. The number of aryl methyl sites for hydroxylation is 2. The minimum Gasteiger partial charge on any atom is -0.313 e. The highest BCUT2D eigenvalue weighted by Crippen LogP contribution is 2.21. The normalized spacial score (nSPS) is 11.6. The van der Waals surface area contributed by atoms with Gasteiger partial charge in [-0.25, -0.2) is 0 Å². The Balaban J connectivity index is 2.77. The average molecular weight is 248 g/mol. The highest BCUT2D eigenvalue weighted by atomic mass is 15.3. The SMILES string of the molecule is CCNCc1c(C)nn(CCC(C)(C)C#N)c1C. The van der Waals surface area contributed by atoms with Crippen LogP contribution in [0, 0.1) is 30.6 Å². The molecule has 0 saturated carbocycles. The van der Waals surface area contributed by atoms with Gasteiger partial charge in [0.05, 0.1) is 17.2 Å². The van der Waals surface area contributed by atoms with Crippen LogP contribution >= 0.6 is 0 Å². The van der Waals surface area contributed by atoms with E-state index in [1.54, 1.807) is 0 Å². The van der Waals surface area contributed by atoms with Gasteiger partial charge in [-0.2, -0.15) is 10.4 Å². The Morgan fingerprint density at radius 1 is 1.39 bits per heavy atom. The molecule has 0 aliphatic carbocycles. The van der Waals surface area contributed by atoms with Crippen LogP contribution in [0.3, 0.4) is 0 Å². The second-order valence-electron chi connectivity index (χ2n) is 5.40. The summed E-state index contributed by atoms with van der Waals surface area (Å²) in [6.45, 7) is 12.8. The van der Waals surface area contributed by atoms with Crippen LogP contribution in [-0.4, -0.2) is 16.3 Å². The van der Waals surface area contributed by atoms with Gasteiger partial charge in [0, 0.05) is 24.3 Å². The van der Waals surface area contributed by atoms with Crippen molar-refractivity contribution in [3.8, 4) is 6.07 Å². The summed E-state index contributed by atoms with van der Waals surface area (Å²) in [6.07, 6.45) is 0.826. The molecular formula is C14H24N4. The summed E-state index contributed by atoms with van der Waals surface area (Å²) >= 11 is 0. The van der Waals surface area contributed by atoms with Crippen LogP contribution in [0.15, 0.2) is 0 Å². The van der Waals surface area contributed by atoms with Gasteiger partial charge in [0.2, 0.25) is 0 Å². The van der Waals surface area contributed by atoms with Gasteiger partial charge in [0.1, 0.15) is 0 Å². The first-order valence-electron chi connectivity index (χ1n) is 6.56. The van der Waals surface area contributed by atoms with Gasteiger partial charge in [0.25, 0.3) is 0 Å². The topological polar surface area (TPSA) is 53.6 Å². The molecule has 0 aliphatic rings. The fourth-order valence-corrected chi connectivity index (χ4v) is 1.90. The molecule has 1 N–H and O–H groups in total. The molecule has 0 spiro atoms. The first-order valence-corrected chi connectivity index (χ1v) is 6.56. The Labute approximate surface area is 110 Å². The molecule has 18 heavy (non-hydrogen) atoms. The second kappa shape index (κ2) is 6.01. The fraction of sp³-hybridized carbons (Fsp3) is 0.714. The maximum Gasteiger partial charge on any atom is 0.0684 e. The fourth-order valence-electron chi connectivity index (χ4n) is 1.90. The zero-order valence-electron chi connectivity index (χ0n) is 12.2. The lowest BCUT2D eigenvalue weighted by Gasteiger charge is -2.15. The summed E-state index contributed by atoms with van der Waals surface area (Å²) in [5, 5.41) is 16.9. The summed E-state index contributed by atoms with van der Waals surface area (Å²) in [5.41, 5.74) is 3.30. The van der Waals surface area contributed by atoms with Gasteiger partial charge in [-0.1, -0.05) is 6.92 Å². The first kappa shape index (κ1) is 14.7. The van der Waals surface area contributed by atoms with E-state index in [1.165, 1.54) is 11.3 Å². The number of nitrogens with one attached hydrogen (secondary N) is 1. The average Bonchev–Trinajstić information content (AvgIpc) is 2.60. The molecule has 1 rings (SSSR count). The molecule has 0 atom stereocenters. The molecule has 0 radical (unpaired) electrons. The maximum atomic E-state index is 9.03. The summed E-state index contributed by atoms with van der Waals surface area (Å²) in [5.74, 6) is 0. The maximum absolute atomic E-state index is 9.03. The van der Waals surface area contributed by atoms with Crippen molar-refractivity contribution in [2.75, 3.05) is 6.54 Å². The second-order valence-corrected chi connectivity index (χ2v) is 5.40. The molecule has 0 amide bonds. The van der Waals surface area contributed by atoms with Crippen molar-refractivity contribution < 1.29 is 0 Å². The van der Waals surface area contributed by atoms with Crippen molar-refractivity contribution >= 4 is 0 Å². The highest BCUT2D eigenvalue weighted by Gasteiger charge is 2.18. The predicted octanol–water partition coefficient (Wildman–Crippen LogP) is 2.55. The van der Waals surface area contributed by atoms with Crippen LogP contribution in [0.2, 0.25) is 0 Å². The third-order valence-electron chi connectivity index (χ3n) is 3.33. The van der Waals surface area contributed by atoms with Crippen LogP contribution in [0.5, 0.6) is 0 Å². The van der Waals surface area contributed by atoms with Crippen LogP contribution in [0.4, 0.5) is 0 Å². The van der Waals surface area contributed by atoms with Gasteiger partial charge in [0.15, 0.2) is 0 Å². The van der Waals surface area contributed by atoms with Crippen molar-refractivity contribution in [1.82, 2.24) is 15.1 Å². The third-order valence-corrected chi connectivity index (χ3v) is 3.33. The Hall–Kier alpha value is -1.34. The minimum atomic E-state index is -0.284. The van der Waals surface area contributed by atoms with Crippen LogP contribution in [0.25, 0.3) is 0 Å². The molecule has 0 fully saturated rings. The Bertz CT molecular complexity index is 437. The molecule has 0 saturated heterocycles. The van der Waals surface area contributed by atoms with Gasteiger partial charge in [-0.15, -0.1) is 0 Å². The Kier molecular flexibility index (Phi) is 4.92. The van der Waals surface area contributed by atoms with E-state index in [2.05, 4.69) is 30.3 Å². The van der Waals surface area contributed by atoms with E-state index in [1.807, 2.05) is 25.5 Å². The zero-order valence-corrected chi connectivity index (χ0v) is 12.2. The van der Waals surface area contributed by atoms with E-state index in [4.69, 9.17) is 5.26 Å². The number of aromatic nitrogens is 2. The van der Waals surface area contributed by atoms with Crippen molar-refractivity contribution in [1.29, 1.82) is 5.26 Å². The molecule has 0 bridgehead atoms. The van der Waals surface area contributed by atoms with Crippen molar-refractivity contribution in [2.24, 2.45) is 5.41 Å². The van der Waals surface area contributed by atoms with E-state index >= 15 is 0 Å². The van der Waals surface area contributed by atoms with E-state index < -0.39 is 0 Å². The molecule has 4 nitrogen and oxygen atoms in total. The lowest BCUT2D eigenvalue weighted by molar-refractivity contribution is 0.395. The quantitative estimate of drug-likeness (QED) is 0.841. The van der Waals surface area contributed by atoms with E-state index in [0.29, 0.717) is 0 Å². The summed E-state index contributed by atoms with van der Waals surface area (Å²) in [4.78, 5) is 0. The standard InChI is InChI=1S/C14H24N4/c1-6-16-9-13-11(2)17-18(12(13)3)8-7-14(4,5)10-15/h16H,6-9H2,1-5H3. The first-order chi connectivity index (χ1) is 8.41. The molecule has 4 heteroatoms. The number of nitriles is 1. The number of hydrogen-bond donors (Lipinski definition) is 1. The van der Waals surface area contributed by atoms with E-state index in [9.17, 15) is 0 Å². The molecule has 1 aromatic heterocycles. The van der Waals surface area contributed by atoms with Crippen molar-refractivity contribution in [3.05, 3.63) is 17.0 Å². The van der Waals surface area contributed by atoms with Crippen LogP contribution in [-0.2, 0) is 13.1 Å². The van der Waals surface area contributed by atoms with E-state index in [-0.39, 0.29) is 5.41 Å². The molecule has 0 unspecified atom stereocenters. The molecule has 1 heterocycles. The smallest absolute Gasteiger partial charge is 0.0684 e. The lowest BCUT2D eigenvalue weighted by Crippen LogP contribution is -2.15. The van der Waals surface area contributed by atoms with Gasteiger partial charge >= 0.3 is 0 Å². The van der Waals surface area contributed by atoms with Crippen LogP contribution in [0.1, 0.15) is 44.1 Å². The van der Waals surface area contributed by atoms with Gasteiger partial charge in [-0.05, 0) is 40.7 Å². The third kappa shape index (κ3) is 3.58. The number of rotatable bonds is 6. The summed E-state index contributed by atoms with van der Waals surface area (Å²) in [6, 6.07) is 2.33. The largest absolute Gasteiger partial charge is 0.313 e. The van der Waals surface area contributed by atoms with Crippen molar-refractivity contribution in [2.45, 2.75) is 54.1 Å².